The van der Waals surface area contributed by atoms with Gasteiger partial charge in [0, 0.05) is 0 Å². The van der Waals surface area contributed by atoms with Crippen LogP contribution < -0.4 is 14.8 Å². The van der Waals surface area contributed by atoms with Crippen LogP contribution in [0.4, 0.5) is 4.39 Å². The maximum absolute atomic E-state index is 13.4. The maximum Gasteiger partial charge on any atom is 0.240 e. The normalized spacial score (nSPS) is 12.0. The summed E-state index contributed by atoms with van der Waals surface area (Å²) in [6.45, 7) is 1.72. The monoisotopic (exact) mass is 291 g/mol. The summed E-state index contributed by atoms with van der Waals surface area (Å²) in [6, 6.07) is 4.69. The van der Waals surface area contributed by atoms with Gasteiger partial charge in [0.1, 0.15) is 11.5 Å². The molecule has 1 aromatic heterocycles. The molecule has 1 heterocycles. The van der Waals surface area contributed by atoms with E-state index in [9.17, 15) is 4.39 Å². The Morgan fingerprint density at radius 1 is 1.24 bits per heavy atom. The van der Waals surface area contributed by atoms with E-state index < -0.39 is 0 Å². The lowest BCUT2D eigenvalue weighted by Gasteiger charge is -2.19. The van der Waals surface area contributed by atoms with Gasteiger partial charge in [0.15, 0.2) is 0 Å². The number of nitrogens with one attached hydrogen (secondary N) is 1. The summed E-state index contributed by atoms with van der Waals surface area (Å²) in [5.74, 6) is 0.512. The molecule has 112 valence electrons. The molecule has 0 bridgehead atoms. The van der Waals surface area contributed by atoms with Crippen molar-refractivity contribution in [3.8, 4) is 11.8 Å². The van der Waals surface area contributed by atoms with E-state index in [0.29, 0.717) is 23.0 Å². The standard InChI is InChI=1S/C15H18FN3O2/c1-9-7-10(5-6-11(9)16)13(17-2)14-15(21-4)19-12(20-3)8-18-14/h5-8,13,17H,1-4H3. The summed E-state index contributed by atoms with van der Waals surface area (Å²) in [5.41, 5.74) is 2.08. The van der Waals surface area contributed by atoms with E-state index in [0.717, 1.165) is 5.56 Å². The molecule has 0 radical (unpaired) electrons. The van der Waals surface area contributed by atoms with Gasteiger partial charge in [-0.05, 0) is 31.2 Å². The predicted octanol–water partition coefficient (Wildman–Crippen LogP) is 2.25. The summed E-state index contributed by atoms with van der Waals surface area (Å²) in [6.07, 6.45) is 1.53. The van der Waals surface area contributed by atoms with Crippen molar-refractivity contribution in [2.24, 2.45) is 0 Å². The minimum absolute atomic E-state index is 0.235. The first-order chi connectivity index (χ1) is 10.1. The number of aryl methyl sites for hydroxylation is 1. The van der Waals surface area contributed by atoms with Crippen molar-refractivity contribution >= 4 is 0 Å². The molecule has 1 unspecified atom stereocenters. The van der Waals surface area contributed by atoms with Crippen molar-refractivity contribution in [3.05, 3.63) is 47.0 Å². The molecule has 5 nitrogen and oxygen atoms in total. The number of aromatic nitrogens is 2. The Morgan fingerprint density at radius 3 is 2.57 bits per heavy atom. The average molecular weight is 291 g/mol. The molecule has 0 aliphatic heterocycles. The number of hydrogen-bond acceptors (Lipinski definition) is 5. The highest BCUT2D eigenvalue weighted by molar-refractivity contribution is 5.36. The molecule has 0 aliphatic rings. The summed E-state index contributed by atoms with van der Waals surface area (Å²) in [5, 5.41) is 3.15. The van der Waals surface area contributed by atoms with Crippen molar-refractivity contribution in [2.75, 3.05) is 21.3 Å². The van der Waals surface area contributed by atoms with Gasteiger partial charge in [-0.1, -0.05) is 12.1 Å². The highest BCUT2D eigenvalue weighted by Gasteiger charge is 2.20. The molecule has 2 rings (SSSR count). The molecule has 21 heavy (non-hydrogen) atoms. The van der Waals surface area contributed by atoms with Gasteiger partial charge in [-0.3, -0.25) is 0 Å². The molecule has 6 heteroatoms. The Kier molecular flexibility index (Phi) is 4.70. The lowest BCUT2D eigenvalue weighted by atomic mass is 10.0. The molecule has 1 aromatic carbocycles. The molecule has 0 aliphatic carbocycles. The smallest absolute Gasteiger partial charge is 0.240 e. The SMILES string of the molecule is CNC(c1ccc(F)c(C)c1)c1ncc(OC)nc1OC. The van der Waals surface area contributed by atoms with Gasteiger partial charge in [0.05, 0.1) is 26.5 Å². The average Bonchev–Trinajstić information content (AvgIpc) is 2.51. The molecule has 0 amide bonds. The number of methoxy groups -OCH3 is 2. The molecule has 0 saturated heterocycles. The van der Waals surface area contributed by atoms with Crippen LogP contribution in [0.25, 0.3) is 0 Å². The molecule has 0 fully saturated rings. The summed E-state index contributed by atoms with van der Waals surface area (Å²) >= 11 is 0. The Hall–Kier alpha value is -2.21. The second kappa shape index (κ2) is 6.49. The van der Waals surface area contributed by atoms with Crippen molar-refractivity contribution in [1.82, 2.24) is 15.3 Å². The lowest BCUT2D eigenvalue weighted by molar-refractivity contribution is 0.353. The van der Waals surface area contributed by atoms with Gasteiger partial charge in [-0.2, -0.15) is 4.98 Å². The van der Waals surface area contributed by atoms with E-state index in [1.54, 1.807) is 26.1 Å². The topological polar surface area (TPSA) is 56.3 Å². The third kappa shape index (κ3) is 3.11. The first-order valence-electron chi connectivity index (χ1n) is 6.49. The number of rotatable bonds is 5. The maximum atomic E-state index is 13.4. The van der Waals surface area contributed by atoms with Crippen molar-refractivity contribution in [1.29, 1.82) is 0 Å². The zero-order chi connectivity index (χ0) is 15.4. The second-order valence-corrected chi connectivity index (χ2v) is 4.54. The highest BCUT2D eigenvalue weighted by atomic mass is 19.1. The largest absolute Gasteiger partial charge is 0.480 e. The number of ether oxygens (including phenoxy) is 2. The van der Waals surface area contributed by atoms with Crippen molar-refractivity contribution in [3.63, 3.8) is 0 Å². The van der Waals surface area contributed by atoms with Gasteiger partial charge >= 0.3 is 0 Å². The fourth-order valence-corrected chi connectivity index (χ4v) is 2.12. The van der Waals surface area contributed by atoms with E-state index in [1.165, 1.54) is 26.5 Å². The third-order valence-corrected chi connectivity index (χ3v) is 3.22. The van der Waals surface area contributed by atoms with Gasteiger partial charge in [0.25, 0.3) is 0 Å². The first-order valence-corrected chi connectivity index (χ1v) is 6.49. The van der Waals surface area contributed by atoms with E-state index in [1.807, 2.05) is 0 Å². The van der Waals surface area contributed by atoms with Gasteiger partial charge in [-0.25, -0.2) is 9.37 Å². The Balaban J connectivity index is 2.47. The fourth-order valence-electron chi connectivity index (χ4n) is 2.12. The van der Waals surface area contributed by atoms with Crippen LogP contribution >= 0.6 is 0 Å². The van der Waals surface area contributed by atoms with Crippen LogP contribution in [0.5, 0.6) is 11.8 Å². The van der Waals surface area contributed by atoms with Crippen LogP contribution in [0.2, 0.25) is 0 Å². The number of halogens is 1. The molecule has 0 saturated carbocycles. The van der Waals surface area contributed by atoms with E-state index in [2.05, 4.69) is 15.3 Å². The quantitative estimate of drug-likeness (QED) is 0.915. The molecular formula is C15H18FN3O2. The number of hydrogen-bond donors (Lipinski definition) is 1. The van der Waals surface area contributed by atoms with Crippen LogP contribution in [0, 0.1) is 12.7 Å². The summed E-state index contributed by atoms with van der Waals surface area (Å²) < 4.78 is 23.7. The fraction of sp³-hybridized carbons (Fsp3) is 0.333. The first kappa shape index (κ1) is 15.2. The van der Waals surface area contributed by atoms with Gasteiger partial charge in [-0.15, -0.1) is 0 Å². The predicted molar refractivity (Wildman–Crippen MR) is 77.2 cm³/mol. The van der Waals surface area contributed by atoms with E-state index >= 15 is 0 Å². The minimum Gasteiger partial charge on any atom is -0.480 e. The molecular weight excluding hydrogens is 273 g/mol. The molecule has 1 N–H and O–H groups in total. The second-order valence-electron chi connectivity index (χ2n) is 4.54. The van der Waals surface area contributed by atoms with E-state index in [-0.39, 0.29) is 11.9 Å². The van der Waals surface area contributed by atoms with Gasteiger partial charge < -0.3 is 14.8 Å². The van der Waals surface area contributed by atoms with Crippen LogP contribution in [0.15, 0.2) is 24.4 Å². The summed E-state index contributed by atoms with van der Waals surface area (Å²) in [4.78, 5) is 8.57. The molecule has 2 aromatic rings. The number of nitrogens with zero attached hydrogens (tertiary/aromatic N) is 2. The Morgan fingerprint density at radius 2 is 2.00 bits per heavy atom. The van der Waals surface area contributed by atoms with Crippen LogP contribution in [-0.2, 0) is 0 Å². The van der Waals surface area contributed by atoms with Crippen molar-refractivity contribution < 1.29 is 13.9 Å². The Bertz CT molecular complexity index is 634. The van der Waals surface area contributed by atoms with Gasteiger partial charge in [0.2, 0.25) is 11.8 Å². The van der Waals surface area contributed by atoms with Crippen LogP contribution in [0.1, 0.15) is 22.9 Å². The lowest BCUT2D eigenvalue weighted by Crippen LogP contribution is -2.20. The van der Waals surface area contributed by atoms with Crippen LogP contribution in [-0.4, -0.2) is 31.2 Å². The molecule has 1 atom stereocenters. The zero-order valence-electron chi connectivity index (χ0n) is 12.5. The zero-order valence-corrected chi connectivity index (χ0v) is 12.5. The van der Waals surface area contributed by atoms with Crippen LogP contribution in [0.3, 0.4) is 0 Å². The molecule has 0 spiro atoms. The minimum atomic E-state index is -0.252. The van der Waals surface area contributed by atoms with E-state index in [4.69, 9.17) is 9.47 Å². The summed E-state index contributed by atoms with van der Waals surface area (Å²) in [7, 11) is 4.84. The Labute approximate surface area is 123 Å². The highest BCUT2D eigenvalue weighted by Crippen LogP contribution is 2.28. The van der Waals surface area contributed by atoms with Crippen molar-refractivity contribution in [2.45, 2.75) is 13.0 Å². The number of benzene rings is 1. The third-order valence-electron chi connectivity index (χ3n) is 3.22.